The van der Waals surface area contributed by atoms with Crippen LogP contribution in [-0.2, 0) is 4.79 Å². The summed E-state index contributed by atoms with van der Waals surface area (Å²) in [4.78, 5) is 23.2. The van der Waals surface area contributed by atoms with Crippen molar-refractivity contribution >= 4 is 46.2 Å². The van der Waals surface area contributed by atoms with E-state index in [4.69, 9.17) is 11.6 Å². The lowest BCUT2D eigenvalue weighted by molar-refractivity contribution is -0.122. The van der Waals surface area contributed by atoms with Gasteiger partial charge in [-0.25, -0.2) is 9.98 Å². The Morgan fingerprint density at radius 3 is 2.75 bits per heavy atom. The van der Waals surface area contributed by atoms with E-state index in [0.717, 1.165) is 5.56 Å². The molecule has 1 saturated heterocycles. The van der Waals surface area contributed by atoms with E-state index in [1.807, 2.05) is 6.92 Å². The molecular formula is C17H14ClN3O2S. The van der Waals surface area contributed by atoms with E-state index in [2.05, 4.69) is 9.98 Å². The van der Waals surface area contributed by atoms with Crippen molar-refractivity contribution < 1.29 is 9.90 Å². The molecule has 0 saturated carbocycles. The monoisotopic (exact) mass is 359 g/mol. The number of rotatable bonds is 3. The summed E-state index contributed by atoms with van der Waals surface area (Å²) in [5.74, 6) is 0.0838. The van der Waals surface area contributed by atoms with Crippen LogP contribution in [0.15, 0.2) is 52.5 Å². The van der Waals surface area contributed by atoms with Crippen LogP contribution in [0.25, 0.3) is 6.08 Å². The van der Waals surface area contributed by atoms with Gasteiger partial charge in [0.05, 0.1) is 4.91 Å². The number of aromatic hydroxyl groups is 1. The number of carbonyl (C=O) groups is 1. The van der Waals surface area contributed by atoms with Crippen LogP contribution < -0.4 is 0 Å². The Bertz CT molecular complexity index is 834. The molecule has 0 aliphatic carbocycles. The first-order chi connectivity index (χ1) is 11.6. The first-order valence-corrected chi connectivity index (χ1v) is 8.47. The van der Waals surface area contributed by atoms with Crippen molar-refractivity contribution in [3.8, 4) is 5.75 Å². The van der Waals surface area contributed by atoms with Gasteiger partial charge in [-0.1, -0.05) is 23.7 Å². The number of pyridine rings is 1. The number of aromatic nitrogens is 1. The summed E-state index contributed by atoms with van der Waals surface area (Å²) in [7, 11) is 0. The quantitative estimate of drug-likeness (QED) is 0.662. The van der Waals surface area contributed by atoms with Crippen LogP contribution in [0.3, 0.4) is 0 Å². The van der Waals surface area contributed by atoms with Gasteiger partial charge in [-0.15, -0.1) is 0 Å². The molecule has 0 unspecified atom stereocenters. The summed E-state index contributed by atoms with van der Waals surface area (Å²) in [5.41, 5.74) is 1.36. The molecule has 1 aliphatic heterocycles. The van der Waals surface area contributed by atoms with E-state index < -0.39 is 0 Å². The second kappa shape index (κ2) is 7.07. The summed E-state index contributed by atoms with van der Waals surface area (Å²) in [5, 5.41) is 10.2. The summed E-state index contributed by atoms with van der Waals surface area (Å²) < 4.78 is 0. The van der Waals surface area contributed by atoms with Gasteiger partial charge in [0.2, 0.25) is 0 Å². The molecule has 0 radical (unpaired) electrons. The number of likely N-dealkylation sites (N-methyl/N-ethyl adjacent to an activating group) is 1. The summed E-state index contributed by atoms with van der Waals surface area (Å²) in [6.45, 7) is 2.40. The van der Waals surface area contributed by atoms with E-state index in [0.29, 0.717) is 27.5 Å². The number of amides is 1. The molecule has 0 atom stereocenters. The molecule has 1 aromatic heterocycles. The van der Waals surface area contributed by atoms with E-state index in [-0.39, 0.29) is 11.7 Å². The molecular weight excluding hydrogens is 346 g/mol. The van der Waals surface area contributed by atoms with Gasteiger partial charge in [0.15, 0.2) is 10.3 Å². The number of hydrogen-bond donors (Lipinski definition) is 1. The van der Waals surface area contributed by atoms with E-state index in [9.17, 15) is 9.90 Å². The van der Waals surface area contributed by atoms with Crippen LogP contribution in [0.2, 0.25) is 5.15 Å². The number of phenols is 1. The Kier molecular flexibility index (Phi) is 4.87. The van der Waals surface area contributed by atoms with Crippen LogP contribution in [0.4, 0.5) is 5.69 Å². The Hall–Kier alpha value is -2.31. The highest BCUT2D eigenvalue weighted by atomic mass is 35.5. The highest BCUT2D eigenvalue weighted by molar-refractivity contribution is 8.18. The maximum absolute atomic E-state index is 12.6. The van der Waals surface area contributed by atoms with Crippen molar-refractivity contribution in [3.05, 3.63) is 58.2 Å². The van der Waals surface area contributed by atoms with Crippen LogP contribution >= 0.6 is 23.4 Å². The Morgan fingerprint density at radius 2 is 2.08 bits per heavy atom. The number of aliphatic imine (C=N–C) groups is 1. The summed E-state index contributed by atoms with van der Waals surface area (Å²) in [6.07, 6.45) is 3.37. The molecule has 3 rings (SSSR count). The predicted molar refractivity (Wildman–Crippen MR) is 97.4 cm³/mol. The molecule has 24 heavy (non-hydrogen) atoms. The standard InChI is InChI=1S/C17H14ClN3O2S/c1-2-21-16(23)14(10-11-5-7-12(22)8-6-11)24-17(21)20-13-4-3-9-19-15(13)18/h3-10,22H,2H2,1H3/b14-10-,20-17?. The van der Waals surface area contributed by atoms with Gasteiger partial charge in [-0.3, -0.25) is 9.69 Å². The minimum atomic E-state index is -0.102. The average molecular weight is 360 g/mol. The first kappa shape index (κ1) is 16.5. The van der Waals surface area contributed by atoms with Crippen LogP contribution in [0, 0.1) is 0 Å². The molecule has 7 heteroatoms. The van der Waals surface area contributed by atoms with Gasteiger partial charge < -0.3 is 5.11 Å². The molecule has 2 aromatic rings. The number of phenolic OH excluding ortho intramolecular Hbond substituents is 1. The normalized spacial score (nSPS) is 17.9. The number of amidine groups is 1. The number of hydrogen-bond acceptors (Lipinski definition) is 5. The largest absolute Gasteiger partial charge is 0.508 e. The third-order valence-electron chi connectivity index (χ3n) is 3.35. The Labute approximate surface area is 148 Å². The minimum Gasteiger partial charge on any atom is -0.508 e. The smallest absolute Gasteiger partial charge is 0.266 e. The molecule has 0 bridgehead atoms. The third-order valence-corrected chi connectivity index (χ3v) is 4.65. The van der Waals surface area contributed by atoms with Crippen LogP contribution in [-0.4, -0.2) is 32.6 Å². The lowest BCUT2D eigenvalue weighted by Gasteiger charge is -2.12. The minimum absolute atomic E-state index is 0.102. The number of halogens is 1. The first-order valence-electron chi connectivity index (χ1n) is 7.28. The molecule has 1 N–H and O–H groups in total. The van der Waals surface area contributed by atoms with Crippen molar-refractivity contribution in [2.24, 2.45) is 4.99 Å². The fourth-order valence-electron chi connectivity index (χ4n) is 2.16. The Morgan fingerprint density at radius 1 is 1.33 bits per heavy atom. The van der Waals surface area contributed by atoms with Gasteiger partial charge in [-0.2, -0.15) is 0 Å². The number of carbonyl (C=O) groups excluding carboxylic acids is 1. The maximum Gasteiger partial charge on any atom is 0.266 e. The topological polar surface area (TPSA) is 65.8 Å². The fourth-order valence-corrected chi connectivity index (χ4v) is 3.37. The second-order valence-electron chi connectivity index (χ2n) is 4.96. The second-order valence-corrected chi connectivity index (χ2v) is 6.33. The van der Waals surface area contributed by atoms with Crippen molar-refractivity contribution in [1.82, 2.24) is 9.88 Å². The average Bonchev–Trinajstić information content (AvgIpc) is 2.87. The van der Waals surface area contributed by atoms with E-state index in [1.165, 1.54) is 11.8 Å². The fraction of sp³-hybridized carbons (Fsp3) is 0.118. The molecule has 122 valence electrons. The zero-order valence-corrected chi connectivity index (χ0v) is 14.4. The van der Waals surface area contributed by atoms with Gasteiger partial charge in [0.25, 0.3) is 5.91 Å². The van der Waals surface area contributed by atoms with E-state index in [1.54, 1.807) is 53.6 Å². The van der Waals surface area contributed by atoms with Crippen molar-refractivity contribution in [1.29, 1.82) is 0 Å². The zero-order valence-electron chi connectivity index (χ0n) is 12.8. The van der Waals surface area contributed by atoms with Crippen LogP contribution in [0.5, 0.6) is 5.75 Å². The van der Waals surface area contributed by atoms with Gasteiger partial charge in [0, 0.05) is 12.7 Å². The SMILES string of the molecule is CCN1C(=O)/C(=C/c2ccc(O)cc2)SC1=Nc1cccnc1Cl. The summed E-state index contributed by atoms with van der Waals surface area (Å²) >= 11 is 7.33. The number of benzene rings is 1. The zero-order chi connectivity index (χ0) is 17.1. The molecule has 0 spiro atoms. The van der Waals surface area contributed by atoms with Crippen molar-refractivity contribution in [3.63, 3.8) is 0 Å². The highest BCUT2D eigenvalue weighted by Crippen LogP contribution is 2.35. The lowest BCUT2D eigenvalue weighted by atomic mass is 10.2. The molecule has 1 aliphatic rings. The molecule has 1 fully saturated rings. The molecule has 1 amide bonds. The van der Waals surface area contributed by atoms with Gasteiger partial charge in [-0.05, 0) is 54.6 Å². The van der Waals surface area contributed by atoms with Crippen molar-refractivity contribution in [2.45, 2.75) is 6.92 Å². The predicted octanol–water partition coefficient (Wildman–Crippen LogP) is 4.06. The van der Waals surface area contributed by atoms with Gasteiger partial charge >= 0.3 is 0 Å². The van der Waals surface area contributed by atoms with E-state index >= 15 is 0 Å². The molecule has 2 heterocycles. The highest BCUT2D eigenvalue weighted by Gasteiger charge is 2.32. The molecule has 1 aromatic carbocycles. The summed E-state index contributed by atoms with van der Waals surface area (Å²) in [6, 6.07) is 10.2. The van der Waals surface area contributed by atoms with Gasteiger partial charge in [0.1, 0.15) is 11.4 Å². The van der Waals surface area contributed by atoms with Crippen LogP contribution in [0.1, 0.15) is 12.5 Å². The molecule has 5 nitrogen and oxygen atoms in total. The van der Waals surface area contributed by atoms with Crippen molar-refractivity contribution in [2.75, 3.05) is 6.54 Å². The third kappa shape index (κ3) is 3.44. The maximum atomic E-state index is 12.6. The Balaban J connectivity index is 1.94. The number of nitrogens with zero attached hydrogens (tertiary/aromatic N) is 3. The lowest BCUT2D eigenvalue weighted by Crippen LogP contribution is -2.28. The number of thioether (sulfide) groups is 1.